The van der Waals surface area contributed by atoms with Gasteiger partial charge in [-0.05, 0) is 31.6 Å². The van der Waals surface area contributed by atoms with E-state index in [1.807, 2.05) is 0 Å². The Morgan fingerprint density at radius 1 is 0.286 bits per heavy atom. The second-order valence-corrected chi connectivity index (χ2v) is 31.6. The Morgan fingerprint density at radius 3 is 0.724 bits per heavy atom. The minimum Gasteiger partial charge on any atom is -0.462 e. The van der Waals surface area contributed by atoms with Gasteiger partial charge in [0.25, 0.3) is 0 Å². The molecule has 98 heavy (non-hydrogen) atoms. The van der Waals surface area contributed by atoms with Gasteiger partial charge in [0, 0.05) is 25.7 Å². The third-order valence-corrected chi connectivity index (χ3v) is 20.8. The number of rotatable bonds is 79. The molecule has 0 aliphatic heterocycles. The molecule has 17 nitrogen and oxygen atoms in total. The molecule has 0 aromatic carbocycles. The van der Waals surface area contributed by atoms with Gasteiger partial charge in [-0.25, -0.2) is 9.13 Å². The molecule has 6 atom stereocenters. The topological polar surface area (TPSA) is 237 Å². The molecule has 0 radical (unpaired) electrons. The number of hydrogen-bond acceptors (Lipinski definition) is 15. The Hall–Kier alpha value is -1.94. The number of carbonyl (C=O) groups is 4. The highest BCUT2D eigenvalue weighted by Crippen LogP contribution is 2.45. The van der Waals surface area contributed by atoms with E-state index in [0.29, 0.717) is 25.7 Å². The smallest absolute Gasteiger partial charge is 0.462 e. The molecule has 0 bridgehead atoms. The number of ether oxygens (including phenoxy) is 4. The predicted molar refractivity (Wildman–Crippen MR) is 400 cm³/mol. The van der Waals surface area contributed by atoms with E-state index in [-0.39, 0.29) is 25.7 Å². The lowest BCUT2D eigenvalue weighted by Crippen LogP contribution is -2.30. The molecule has 0 heterocycles. The van der Waals surface area contributed by atoms with Gasteiger partial charge in [0.2, 0.25) is 0 Å². The second-order valence-electron chi connectivity index (χ2n) is 28.7. The van der Waals surface area contributed by atoms with E-state index < -0.39 is 97.5 Å². The lowest BCUT2D eigenvalue weighted by Gasteiger charge is -2.21. The maximum Gasteiger partial charge on any atom is 0.472 e. The number of hydrogen-bond donors (Lipinski definition) is 3. The van der Waals surface area contributed by atoms with Gasteiger partial charge in [-0.15, -0.1) is 0 Å². The maximum absolute atomic E-state index is 13.1. The Labute approximate surface area is 600 Å². The molecule has 0 aromatic rings. The first-order valence-corrected chi connectivity index (χ1v) is 44.2. The summed E-state index contributed by atoms with van der Waals surface area (Å²) >= 11 is 0. The third kappa shape index (κ3) is 71.1. The van der Waals surface area contributed by atoms with Gasteiger partial charge < -0.3 is 33.8 Å². The number of phosphoric acid groups is 2. The number of phosphoric ester groups is 2. The fourth-order valence-corrected chi connectivity index (χ4v) is 13.8. The van der Waals surface area contributed by atoms with Crippen LogP contribution in [-0.4, -0.2) is 96.7 Å². The maximum atomic E-state index is 13.1. The van der Waals surface area contributed by atoms with Crippen molar-refractivity contribution < 1.29 is 80.2 Å². The zero-order chi connectivity index (χ0) is 71.9. The average Bonchev–Trinajstić information content (AvgIpc) is 3.29. The van der Waals surface area contributed by atoms with Crippen LogP contribution in [0.5, 0.6) is 0 Å². The monoisotopic (exact) mass is 1440 g/mol. The van der Waals surface area contributed by atoms with Crippen molar-refractivity contribution in [3.63, 3.8) is 0 Å². The van der Waals surface area contributed by atoms with Gasteiger partial charge in [0.05, 0.1) is 26.4 Å². The van der Waals surface area contributed by atoms with Crippen LogP contribution in [-0.2, 0) is 65.4 Å². The summed E-state index contributed by atoms with van der Waals surface area (Å²) in [5, 5.41) is 10.6. The van der Waals surface area contributed by atoms with Crippen molar-refractivity contribution in [1.82, 2.24) is 0 Å². The van der Waals surface area contributed by atoms with E-state index in [2.05, 4.69) is 34.6 Å². The summed E-state index contributed by atoms with van der Waals surface area (Å²) < 4.78 is 68.4. The summed E-state index contributed by atoms with van der Waals surface area (Å²) in [4.78, 5) is 72.6. The highest BCUT2D eigenvalue weighted by Gasteiger charge is 2.30. The summed E-state index contributed by atoms with van der Waals surface area (Å²) in [6, 6.07) is 0. The van der Waals surface area contributed by atoms with Gasteiger partial charge >= 0.3 is 39.5 Å². The zero-order valence-electron chi connectivity index (χ0n) is 63.9. The van der Waals surface area contributed by atoms with E-state index >= 15 is 0 Å². The van der Waals surface area contributed by atoms with Crippen molar-refractivity contribution >= 4 is 39.5 Å². The van der Waals surface area contributed by atoms with E-state index in [4.69, 9.17) is 37.0 Å². The number of esters is 4. The van der Waals surface area contributed by atoms with E-state index in [0.717, 1.165) is 102 Å². The molecular formula is C79H154O17P2. The Kier molecular flexibility index (Phi) is 70.6. The fraction of sp³-hybridized carbons (Fsp3) is 0.949. The molecule has 0 spiro atoms. The molecule has 0 aliphatic rings. The van der Waals surface area contributed by atoms with Crippen LogP contribution in [0, 0.1) is 5.92 Å². The molecule has 19 heteroatoms. The Morgan fingerprint density at radius 2 is 0.490 bits per heavy atom. The van der Waals surface area contributed by atoms with Crippen LogP contribution in [0.4, 0.5) is 0 Å². The molecular weight excluding hydrogens is 1280 g/mol. The number of unbranched alkanes of at least 4 members (excludes halogenated alkanes) is 50. The molecule has 0 saturated carbocycles. The van der Waals surface area contributed by atoms with Crippen molar-refractivity contribution in [2.75, 3.05) is 39.6 Å². The van der Waals surface area contributed by atoms with Crippen LogP contribution in [0.25, 0.3) is 0 Å². The van der Waals surface area contributed by atoms with E-state index in [9.17, 15) is 43.2 Å². The summed E-state index contributed by atoms with van der Waals surface area (Å²) in [6.45, 7) is 7.30. The van der Waals surface area contributed by atoms with Crippen molar-refractivity contribution in [1.29, 1.82) is 0 Å². The van der Waals surface area contributed by atoms with Crippen LogP contribution >= 0.6 is 15.6 Å². The lowest BCUT2D eigenvalue weighted by molar-refractivity contribution is -0.161. The summed E-state index contributed by atoms with van der Waals surface area (Å²) in [6.07, 6.45) is 62.8. The molecule has 0 rings (SSSR count). The summed E-state index contributed by atoms with van der Waals surface area (Å²) in [7, 11) is -9.90. The van der Waals surface area contributed by atoms with Crippen molar-refractivity contribution in [2.45, 2.75) is 438 Å². The molecule has 0 aliphatic carbocycles. The van der Waals surface area contributed by atoms with Crippen LogP contribution in [0.2, 0.25) is 0 Å². The largest absolute Gasteiger partial charge is 0.472 e. The van der Waals surface area contributed by atoms with Crippen molar-refractivity contribution in [2.24, 2.45) is 5.92 Å². The minimum atomic E-state index is -4.96. The minimum absolute atomic E-state index is 0.108. The molecule has 0 saturated heterocycles. The standard InChI is InChI=1S/C79H154O17P2/c1-6-10-13-16-18-20-22-24-26-33-36-40-44-48-53-58-63-77(82)90-69-75(96-79(84)65-60-55-50-46-42-38-34-30-28-27-29-32-35-39-43-47-52-56-61-72(5)9-4)71-94-98(87,88)92-67-73(80)66-91-97(85,86)93-70-74(68-89-76(81)62-57-51-15-12-8-3)95-78(83)64-59-54-49-45-41-37-31-25-23-21-19-17-14-11-7-2/h72-75,80H,6-71H2,1-5H3,(H,85,86)(H,87,88)/t72?,73-,74+,75+/m0/s1. The van der Waals surface area contributed by atoms with Gasteiger partial charge in [0.1, 0.15) is 19.3 Å². The quantitative estimate of drug-likeness (QED) is 0.0222. The molecule has 3 unspecified atom stereocenters. The van der Waals surface area contributed by atoms with Crippen molar-refractivity contribution in [3.05, 3.63) is 0 Å². The molecule has 3 N–H and O–H groups in total. The molecule has 0 aromatic heterocycles. The molecule has 0 amide bonds. The highest BCUT2D eigenvalue weighted by molar-refractivity contribution is 7.47. The van der Waals surface area contributed by atoms with Crippen LogP contribution in [0.1, 0.15) is 420 Å². The molecule has 0 fully saturated rings. The highest BCUT2D eigenvalue weighted by atomic mass is 31.2. The summed E-state index contributed by atoms with van der Waals surface area (Å²) in [5.41, 5.74) is 0. The first-order valence-electron chi connectivity index (χ1n) is 41.2. The van der Waals surface area contributed by atoms with E-state index in [1.54, 1.807) is 0 Å². The summed E-state index contributed by atoms with van der Waals surface area (Å²) in [5.74, 6) is -1.25. The average molecular weight is 1440 g/mol. The first kappa shape index (κ1) is 96.1. The van der Waals surface area contributed by atoms with Crippen molar-refractivity contribution in [3.8, 4) is 0 Å². The normalized spacial score (nSPS) is 14.2. The number of carbonyl (C=O) groups excluding carboxylic acids is 4. The third-order valence-electron chi connectivity index (χ3n) is 18.9. The number of aliphatic hydroxyl groups excluding tert-OH is 1. The number of aliphatic hydroxyl groups is 1. The predicted octanol–water partition coefficient (Wildman–Crippen LogP) is 23.6. The second kappa shape index (κ2) is 72.0. The lowest BCUT2D eigenvalue weighted by atomic mass is 9.99. The van der Waals surface area contributed by atoms with Crippen LogP contribution < -0.4 is 0 Å². The van der Waals surface area contributed by atoms with Crippen LogP contribution in [0.15, 0.2) is 0 Å². The van der Waals surface area contributed by atoms with Gasteiger partial charge in [-0.1, -0.05) is 369 Å². The Balaban J connectivity index is 5.11. The van der Waals surface area contributed by atoms with Crippen LogP contribution in [0.3, 0.4) is 0 Å². The molecule has 582 valence electrons. The first-order chi connectivity index (χ1) is 47.6. The zero-order valence-corrected chi connectivity index (χ0v) is 65.7. The van der Waals surface area contributed by atoms with E-state index in [1.165, 1.54) is 238 Å². The SMILES string of the molecule is CCCCCCCCCCCCCCCCCCC(=O)OC[C@H](COP(=O)(O)OC[C@@H](O)COP(=O)(O)OC[C@@H](COC(=O)CCCCCCC)OC(=O)CCCCCCCCCCCCCCCCC)OC(=O)CCCCCCCCCCCCCCCCCCCCC(C)CC. The van der Waals surface area contributed by atoms with Gasteiger partial charge in [-0.3, -0.25) is 37.3 Å². The van der Waals surface area contributed by atoms with Gasteiger partial charge in [0.15, 0.2) is 12.2 Å². The Bertz CT molecular complexity index is 1880. The fourth-order valence-electron chi connectivity index (χ4n) is 12.2. The van der Waals surface area contributed by atoms with Gasteiger partial charge in [-0.2, -0.15) is 0 Å².